The minimum Gasteiger partial charge on any atom is -0.464 e. The molecule has 218 valence electrons. The van der Waals surface area contributed by atoms with E-state index >= 15 is 0 Å². The Hall–Kier alpha value is -4.36. The summed E-state index contributed by atoms with van der Waals surface area (Å²) in [5.74, 6) is 5.62. The average Bonchev–Trinajstić information content (AvgIpc) is 3.45. The molecule has 1 fully saturated rings. The van der Waals surface area contributed by atoms with E-state index in [9.17, 15) is 14.4 Å². The van der Waals surface area contributed by atoms with Gasteiger partial charge in [0.2, 0.25) is 0 Å². The van der Waals surface area contributed by atoms with Crippen LogP contribution in [0.25, 0.3) is 0 Å². The van der Waals surface area contributed by atoms with E-state index < -0.39 is 17.7 Å². The Labute approximate surface area is 241 Å². The van der Waals surface area contributed by atoms with E-state index in [1.165, 1.54) is 0 Å². The highest BCUT2D eigenvalue weighted by atomic mass is 16.6. The van der Waals surface area contributed by atoms with Gasteiger partial charge in [0.1, 0.15) is 18.0 Å². The predicted octanol–water partition coefficient (Wildman–Crippen LogP) is 4.32. The third-order valence-electron chi connectivity index (χ3n) is 5.92. The zero-order valence-corrected chi connectivity index (χ0v) is 24.1. The van der Waals surface area contributed by atoms with Crippen molar-refractivity contribution in [3.63, 3.8) is 0 Å². The summed E-state index contributed by atoms with van der Waals surface area (Å²) in [7, 11) is 0. The van der Waals surface area contributed by atoms with Gasteiger partial charge in [0.05, 0.1) is 19.8 Å². The molecule has 10 nitrogen and oxygen atoms in total. The number of hydrogen-bond acceptors (Lipinski definition) is 8. The topological polar surface area (TPSA) is 130 Å². The molecule has 2 aromatic carbocycles. The number of amides is 2. The van der Waals surface area contributed by atoms with Crippen LogP contribution in [0, 0.1) is 17.3 Å². The van der Waals surface area contributed by atoms with E-state index in [1.54, 1.807) is 58.0 Å². The summed E-state index contributed by atoms with van der Waals surface area (Å²) in [5.41, 5.74) is 2.62. The molecule has 0 atom stereocenters. The van der Waals surface area contributed by atoms with Crippen molar-refractivity contribution in [2.75, 3.05) is 38.2 Å². The predicted molar refractivity (Wildman–Crippen MR) is 156 cm³/mol. The van der Waals surface area contributed by atoms with Crippen molar-refractivity contribution in [1.29, 1.82) is 5.41 Å². The highest BCUT2D eigenvalue weighted by Crippen LogP contribution is 2.19. The minimum atomic E-state index is -0.679. The van der Waals surface area contributed by atoms with Crippen LogP contribution < -0.4 is 10.6 Å². The Morgan fingerprint density at radius 2 is 1.76 bits per heavy atom. The lowest BCUT2D eigenvalue weighted by Gasteiger charge is -2.19. The quantitative estimate of drug-likeness (QED) is 0.180. The minimum absolute atomic E-state index is 0.0452. The summed E-state index contributed by atoms with van der Waals surface area (Å²) in [6, 6.07) is 12.4. The number of alkyl carbamates (subject to hydrolysis) is 1. The molecule has 0 aliphatic carbocycles. The first-order valence-corrected chi connectivity index (χ1v) is 13.6. The van der Waals surface area contributed by atoms with Crippen LogP contribution in [0.3, 0.4) is 0 Å². The van der Waals surface area contributed by atoms with E-state index in [-0.39, 0.29) is 31.6 Å². The molecular formula is C31H38N4O6. The van der Waals surface area contributed by atoms with Crippen molar-refractivity contribution < 1.29 is 28.6 Å². The Bertz CT molecular complexity index is 1300. The third-order valence-corrected chi connectivity index (χ3v) is 5.92. The Morgan fingerprint density at radius 3 is 2.41 bits per heavy atom. The summed E-state index contributed by atoms with van der Waals surface area (Å²) < 4.78 is 15.6. The van der Waals surface area contributed by atoms with Crippen LogP contribution in [0.15, 0.2) is 42.5 Å². The van der Waals surface area contributed by atoms with Crippen molar-refractivity contribution in [3.05, 3.63) is 64.7 Å². The number of carbonyl (C=O) groups excluding carboxylic acids is 3. The molecular weight excluding hydrogens is 524 g/mol. The van der Waals surface area contributed by atoms with Crippen molar-refractivity contribution >= 4 is 29.5 Å². The largest absolute Gasteiger partial charge is 0.464 e. The molecule has 0 bridgehead atoms. The highest BCUT2D eigenvalue weighted by molar-refractivity contribution is 6.04. The molecule has 3 rings (SSSR count). The van der Waals surface area contributed by atoms with E-state index in [0.29, 0.717) is 23.2 Å². The van der Waals surface area contributed by atoms with Gasteiger partial charge in [-0.05, 0) is 88.6 Å². The van der Waals surface area contributed by atoms with Gasteiger partial charge in [0.25, 0.3) is 5.91 Å². The number of anilines is 1. The standard InChI is InChI=1S/C31H38N4O6/c1-5-40-27(36)21-39-20-24-19-22(10-15-26(24)29(37)35-17-6-7-18-35)9-8-16-33-25-13-11-23(12-14-25)28(32)34-30(38)41-31(2,3)4/h10-15,19,33H,5-7,16-18,20-21H2,1-4H3,(H2,32,34,38). The van der Waals surface area contributed by atoms with Crippen LogP contribution in [0.2, 0.25) is 0 Å². The lowest BCUT2D eigenvalue weighted by molar-refractivity contribution is -0.148. The average molecular weight is 563 g/mol. The fourth-order valence-corrected chi connectivity index (χ4v) is 4.06. The van der Waals surface area contributed by atoms with Gasteiger partial charge in [-0.3, -0.25) is 15.5 Å². The molecule has 1 heterocycles. The molecule has 0 saturated carbocycles. The van der Waals surface area contributed by atoms with Gasteiger partial charge < -0.3 is 24.4 Å². The maximum Gasteiger partial charge on any atom is 0.413 e. The molecule has 0 radical (unpaired) electrons. The van der Waals surface area contributed by atoms with Gasteiger partial charge in [-0.1, -0.05) is 11.8 Å². The maximum absolute atomic E-state index is 13.1. The molecule has 1 saturated heterocycles. The Kier molecular flexibility index (Phi) is 11.3. The fraction of sp³-hybridized carbons (Fsp3) is 0.419. The fourth-order valence-electron chi connectivity index (χ4n) is 4.06. The first kappa shape index (κ1) is 31.2. The summed E-state index contributed by atoms with van der Waals surface area (Å²) >= 11 is 0. The van der Waals surface area contributed by atoms with Crippen LogP contribution in [0.5, 0.6) is 0 Å². The molecule has 10 heteroatoms. The maximum atomic E-state index is 13.1. The van der Waals surface area contributed by atoms with Crippen molar-refractivity contribution in [1.82, 2.24) is 10.2 Å². The number of nitrogens with zero attached hydrogens (tertiary/aromatic N) is 1. The smallest absolute Gasteiger partial charge is 0.413 e. The molecule has 0 unspecified atom stereocenters. The van der Waals surface area contributed by atoms with Crippen LogP contribution >= 0.6 is 0 Å². The molecule has 0 spiro atoms. The zero-order chi connectivity index (χ0) is 29.8. The molecule has 2 amide bonds. The van der Waals surface area contributed by atoms with Crippen LogP contribution in [-0.2, 0) is 25.6 Å². The Morgan fingerprint density at radius 1 is 1.05 bits per heavy atom. The van der Waals surface area contributed by atoms with Crippen LogP contribution in [0.1, 0.15) is 67.6 Å². The summed E-state index contributed by atoms with van der Waals surface area (Å²) in [4.78, 5) is 38.5. The molecule has 1 aliphatic heterocycles. The number of carbonyl (C=O) groups is 3. The second-order valence-electron chi connectivity index (χ2n) is 10.4. The first-order valence-electron chi connectivity index (χ1n) is 13.6. The number of rotatable bonds is 9. The van der Waals surface area contributed by atoms with Crippen LogP contribution in [0.4, 0.5) is 10.5 Å². The number of amidine groups is 1. The van der Waals surface area contributed by atoms with Gasteiger partial charge in [-0.25, -0.2) is 9.59 Å². The second-order valence-corrected chi connectivity index (χ2v) is 10.4. The SMILES string of the molecule is CCOC(=O)COCc1cc(C#CCNc2ccc(C(=N)NC(=O)OC(C)(C)C)cc2)ccc1C(=O)N1CCCC1. The number of ether oxygens (including phenoxy) is 3. The second kappa shape index (κ2) is 14.9. The van der Waals surface area contributed by atoms with Crippen LogP contribution in [-0.4, -0.2) is 67.2 Å². The Balaban J connectivity index is 1.60. The first-order chi connectivity index (χ1) is 19.6. The number of hydrogen-bond donors (Lipinski definition) is 3. The normalized spacial score (nSPS) is 12.6. The van der Waals surface area contributed by atoms with Gasteiger partial charge >= 0.3 is 12.1 Å². The number of likely N-dealkylation sites (tertiary alicyclic amines) is 1. The van der Waals surface area contributed by atoms with Gasteiger partial charge in [0, 0.05) is 35.5 Å². The van der Waals surface area contributed by atoms with Gasteiger partial charge in [-0.15, -0.1) is 0 Å². The number of esters is 1. The number of nitrogens with one attached hydrogen (secondary N) is 3. The summed E-state index contributed by atoms with van der Waals surface area (Å²) in [6.07, 6.45) is 1.30. The van der Waals surface area contributed by atoms with Crippen molar-refractivity contribution in [3.8, 4) is 11.8 Å². The van der Waals surface area contributed by atoms with E-state index in [4.69, 9.17) is 19.6 Å². The molecule has 2 aromatic rings. The van der Waals surface area contributed by atoms with Crippen molar-refractivity contribution in [2.45, 2.75) is 52.7 Å². The molecule has 3 N–H and O–H groups in total. The van der Waals surface area contributed by atoms with Gasteiger partial charge in [0.15, 0.2) is 0 Å². The third kappa shape index (κ3) is 10.3. The van der Waals surface area contributed by atoms with Gasteiger partial charge in [-0.2, -0.15) is 0 Å². The van der Waals surface area contributed by atoms with E-state index in [1.807, 2.05) is 17.0 Å². The highest BCUT2D eigenvalue weighted by Gasteiger charge is 2.22. The lowest BCUT2D eigenvalue weighted by Crippen LogP contribution is -2.36. The van der Waals surface area contributed by atoms with Crippen molar-refractivity contribution in [2.24, 2.45) is 0 Å². The summed E-state index contributed by atoms with van der Waals surface area (Å²) in [5, 5.41) is 13.7. The zero-order valence-electron chi connectivity index (χ0n) is 24.1. The molecule has 1 aliphatic rings. The summed E-state index contributed by atoms with van der Waals surface area (Å²) in [6.45, 7) is 9.00. The lowest BCUT2D eigenvalue weighted by atomic mass is 10.0. The molecule has 41 heavy (non-hydrogen) atoms. The monoisotopic (exact) mass is 562 g/mol. The van der Waals surface area contributed by atoms with E-state index in [0.717, 1.165) is 37.2 Å². The number of benzene rings is 2. The molecule has 0 aromatic heterocycles. The van der Waals surface area contributed by atoms with E-state index in [2.05, 4.69) is 22.5 Å².